The molecule has 2 aromatic carbocycles. The fourth-order valence-electron chi connectivity index (χ4n) is 2.46. The number of Topliss-reactive ketones (excluding diaryl/α,β-unsaturated/α-hetero) is 1. The molecule has 2 N–H and O–H groups in total. The van der Waals surface area contributed by atoms with Gasteiger partial charge in [-0.1, -0.05) is 17.7 Å². The van der Waals surface area contributed by atoms with Gasteiger partial charge in [0.25, 0.3) is 11.7 Å². The Morgan fingerprint density at radius 3 is 2.75 bits per heavy atom. The molecule has 0 atom stereocenters. The zero-order valence-electron chi connectivity index (χ0n) is 13.1. The molecule has 0 aliphatic rings. The maximum atomic E-state index is 12.5. The summed E-state index contributed by atoms with van der Waals surface area (Å²) in [6.07, 6.45) is 1.52. The van der Waals surface area contributed by atoms with Gasteiger partial charge in [-0.2, -0.15) is 0 Å². The fourth-order valence-corrected chi connectivity index (χ4v) is 2.63. The lowest BCUT2D eigenvalue weighted by Crippen LogP contribution is -2.23. The molecule has 0 bridgehead atoms. The van der Waals surface area contributed by atoms with Gasteiger partial charge in [-0.3, -0.25) is 9.59 Å². The highest BCUT2D eigenvalue weighted by Crippen LogP contribution is 2.26. The standard InChI is InChI=1S/C18H15ClN2O3/c1-10-14(19)4-3-5-15(10)21-18(23)17(22)13-9-20-16-7-6-11(24-2)8-12(13)16/h3-9,20H,1-2H3,(H,21,23). The minimum Gasteiger partial charge on any atom is -0.497 e. The first kappa shape index (κ1) is 16.1. The Kier molecular flexibility index (Phi) is 4.27. The van der Waals surface area contributed by atoms with Gasteiger partial charge in [0.1, 0.15) is 5.75 Å². The summed E-state index contributed by atoms with van der Waals surface area (Å²) >= 11 is 6.03. The molecule has 0 saturated carbocycles. The summed E-state index contributed by atoms with van der Waals surface area (Å²) in [7, 11) is 1.55. The normalized spacial score (nSPS) is 10.6. The number of anilines is 1. The molecule has 0 unspecified atom stereocenters. The number of ketones is 1. The number of H-pyrrole nitrogens is 1. The van der Waals surface area contributed by atoms with E-state index in [1.54, 1.807) is 50.4 Å². The van der Waals surface area contributed by atoms with Crippen molar-refractivity contribution < 1.29 is 14.3 Å². The maximum absolute atomic E-state index is 12.5. The molecule has 1 amide bonds. The van der Waals surface area contributed by atoms with Crippen molar-refractivity contribution in [2.75, 3.05) is 12.4 Å². The van der Waals surface area contributed by atoms with E-state index in [1.165, 1.54) is 6.20 Å². The third-order valence-corrected chi connectivity index (χ3v) is 4.27. The second kappa shape index (κ2) is 6.37. The molecule has 0 fully saturated rings. The number of carbonyl (C=O) groups excluding carboxylic acids is 2. The predicted molar refractivity (Wildman–Crippen MR) is 94.0 cm³/mol. The Bertz CT molecular complexity index is 947. The lowest BCUT2D eigenvalue weighted by molar-refractivity contribution is -0.112. The summed E-state index contributed by atoms with van der Waals surface area (Å²) in [4.78, 5) is 27.8. The number of carbonyl (C=O) groups is 2. The number of nitrogens with one attached hydrogen (secondary N) is 2. The number of aromatic amines is 1. The lowest BCUT2D eigenvalue weighted by Gasteiger charge is -2.08. The van der Waals surface area contributed by atoms with E-state index in [4.69, 9.17) is 16.3 Å². The summed E-state index contributed by atoms with van der Waals surface area (Å²) in [5, 5.41) is 3.78. The third kappa shape index (κ3) is 2.86. The Balaban J connectivity index is 1.91. The van der Waals surface area contributed by atoms with Crippen molar-refractivity contribution in [1.82, 2.24) is 4.98 Å². The van der Waals surface area contributed by atoms with E-state index in [-0.39, 0.29) is 0 Å². The van der Waals surface area contributed by atoms with Gasteiger partial charge >= 0.3 is 0 Å². The number of hydrogen-bond donors (Lipinski definition) is 2. The number of benzene rings is 2. The fraction of sp³-hybridized carbons (Fsp3) is 0.111. The summed E-state index contributed by atoms with van der Waals surface area (Å²) in [5.74, 6) is -0.736. The summed E-state index contributed by atoms with van der Waals surface area (Å²) in [6.45, 7) is 1.78. The van der Waals surface area contributed by atoms with Crippen molar-refractivity contribution in [3.05, 3.63) is 58.7 Å². The van der Waals surface area contributed by atoms with Crippen molar-refractivity contribution in [3.8, 4) is 5.75 Å². The SMILES string of the molecule is COc1ccc2[nH]cc(C(=O)C(=O)Nc3cccc(Cl)c3C)c2c1. The van der Waals surface area contributed by atoms with Gasteiger partial charge in [-0.05, 0) is 42.8 Å². The Morgan fingerprint density at radius 2 is 2.00 bits per heavy atom. The summed E-state index contributed by atoms with van der Waals surface area (Å²) in [5.41, 5.74) is 2.27. The van der Waals surface area contributed by atoms with Gasteiger partial charge in [0, 0.05) is 27.8 Å². The zero-order chi connectivity index (χ0) is 17.3. The number of amides is 1. The van der Waals surface area contributed by atoms with Crippen molar-refractivity contribution >= 4 is 39.9 Å². The van der Waals surface area contributed by atoms with Crippen LogP contribution in [-0.2, 0) is 4.79 Å². The average Bonchev–Trinajstić information content (AvgIpc) is 3.01. The molecule has 6 heteroatoms. The number of aromatic nitrogens is 1. The number of rotatable bonds is 4. The first-order chi connectivity index (χ1) is 11.5. The number of methoxy groups -OCH3 is 1. The molecule has 1 aromatic heterocycles. The van der Waals surface area contributed by atoms with Crippen LogP contribution in [0.5, 0.6) is 5.75 Å². The Labute approximate surface area is 143 Å². The minimum atomic E-state index is -0.718. The highest BCUT2D eigenvalue weighted by atomic mass is 35.5. The van der Waals surface area contributed by atoms with E-state index >= 15 is 0 Å². The topological polar surface area (TPSA) is 71.2 Å². The number of ether oxygens (including phenoxy) is 1. The zero-order valence-corrected chi connectivity index (χ0v) is 13.9. The van der Waals surface area contributed by atoms with Gasteiger partial charge < -0.3 is 15.0 Å². The van der Waals surface area contributed by atoms with Crippen molar-refractivity contribution in [3.63, 3.8) is 0 Å². The number of halogens is 1. The highest BCUT2D eigenvalue weighted by Gasteiger charge is 2.21. The van der Waals surface area contributed by atoms with Crippen LogP contribution in [0.2, 0.25) is 5.02 Å². The van der Waals surface area contributed by atoms with Gasteiger partial charge in [0.05, 0.1) is 12.7 Å². The number of hydrogen-bond acceptors (Lipinski definition) is 3. The Hall–Kier alpha value is -2.79. The van der Waals surface area contributed by atoms with Crippen LogP contribution in [0.3, 0.4) is 0 Å². The largest absolute Gasteiger partial charge is 0.497 e. The number of fused-ring (bicyclic) bond motifs is 1. The van der Waals surface area contributed by atoms with Gasteiger partial charge in [-0.15, -0.1) is 0 Å². The molecule has 0 saturated heterocycles. The van der Waals surface area contributed by atoms with Crippen molar-refractivity contribution in [1.29, 1.82) is 0 Å². The maximum Gasteiger partial charge on any atom is 0.296 e. The smallest absolute Gasteiger partial charge is 0.296 e. The van der Waals surface area contributed by atoms with Crippen LogP contribution in [-0.4, -0.2) is 23.8 Å². The molecule has 24 heavy (non-hydrogen) atoms. The minimum absolute atomic E-state index is 0.293. The molecular weight excluding hydrogens is 328 g/mol. The second-order valence-corrected chi connectivity index (χ2v) is 5.72. The van der Waals surface area contributed by atoms with E-state index in [1.807, 2.05) is 0 Å². The van der Waals surface area contributed by atoms with E-state index in [0.29, 0.717) is 33.0 Å². The first-order valence-electron chi connectivity index (χ1n) is 7.27. The van der Waals surface area contributed by atoms with E-state index in [9.17, 15) is 9.59 Å². The van der Waals surface area contributed by atoms with E-state index in [0.717, 1.165) is 5.52 Å². The summed E-state index contributed by atoms with van der Waals surface area (Å²) < 4.78 is 5.17. The molecule has 122 valence electrons. The molecule has 3 aromatic rings. The van der Waals surface area contributed by atoms with Gasteiger partial charge in [0.2, 0.25) is 0 Å². The Morgan fingerprint density at radius 1 is 1.21 bits per heavy atom. The molecule has 5 nitrogen and oxygen atoms in total. The highest BCUT2D eigenvalue weighted by molar-refractivity contribution is 6.48. The van der Waals surface area contributed by atoms with Crippen LogP contribution in [0.25, 0.3) is 10.9 Å². The van der Waals surface area contributed by atoms with E-state index < -0.39 is 11.7 Å². The van der Waals surface area contributed by atoms with Crippen LogP contribution in [0.15, 0.2) is 42.6 Å². The lowest BCUT2D eigenvalue weighted by atomic mass is 10.1. The molecule has 1 heterocycles. The predicted octanol–water partition coefficient (Wildman–Crippen LogP) is 3.96. The van der Waals surface area contributed by atoms with Crippen molar-refractivity contribution in [2.45, 2.75) is 6.92 Å². The average molecular weight is 343 g/mol. The van der Waals surface area contributed by atoms with Crippen LogP contribution in [0, 0.1) is 6.92 Å². The molecule has 0 radical (unpaired) electrons. The first-order valence-corrected chi connectivity index (χ1v) is 7.65. The molecule has 0 aliphatic heterocycles. The van der Waals surface area contributed by atoms with Crippen LogP contribution < -0.4 is 10.1 Å². The second-order valence-electron chi connectivity index (χ2n) is 5.31. The van der Waals surface area contributed by atoms with Crippen LogP contribution in [0.4, 0.5) is 5.69 Å². The quantitative estimate of drug-likeness (QED) is 0.557. The van der Waals surface area contributed by atoms with E-state index in [2.05, 4.69) is 10.3 Å². The molecule has 0 aliphatic carbocycles. The summed E-state index contributed by atoms with van der Waals surface area (Å²) in [6, 6.07) is 10.4. The molecule has 0 spiro atoms. The monoisotopic (exact) mass is 342 g/mol. The van der Waals surface area contributed by atoms with Crippen LogP contribution >= 0.6 is 11.6 Å². The van der Waals surface area contributed by atoms with Crippen molar-refractivity contribution in [2.24, 2.45) is 0 Å². The van der Waals surface area contributed by atoms with Gasteiger partial charge in [-0.25, -0.2) is 0 Å². The molecular formula is C18H15ClN2O3. The van der Waals surface area contributed by atoms with Crippen LogP contribution in [0.1, 0.15) is 15.9 Å². The molecule has 3 rings (SSSR count). The van der Waals surface area contributed by atoms with Gasteiger partial charge in [0.15, 0.2) is 0 Å². The third-order valence-electron chi connectivity index (χ3n) is 3.86.